The Bertz CT molecular complexity index is 325. The van der Waals surface area contributed by atoms with Crippen molar-refractivity contribution in [3.05, 3.63) is 0 Å². The first kappa shape index (κ1) is 18.3. The average Bonchev–Trinajstić information content (AvgIpc) is 2.36. The summed E-state index contributed by atoms with van der Waals surface area (Å²) in [5, 5.41) is 6.58. The van der Waals surface area contributed by atoms with Gasteiger partial charge in [0.25, 0.3) is 0 Å². The van der Waals surface area contributed by atoms with Crippen molar-refractivity contribution in [2.45, 2.75) is 84.9 Å². The van der Waals surface area contributed by atoms with E-state index in [0.717, 1.165) is 18.3 Å². The van der Waals surface area contributed by atoms with Gasteiger partial charge in [-0.2, -0.15) is 0 Å². The van der Waals surface area contributed by atoms with Crippen molar-refractivity contribution in [2.75, 3.05) is 6.54 Å². The van der Waals surface area contributed by atoms with Gasteiger partial charge in [-0.3, -0.25) is 0 Å². The van der Waals surface area contributed by atoms with Crippen molar-refractivity contribution < 1.29 is 9.53 Å². The van der Waals surface area contributed by atoms with Crippen molar-refractivity contribution in [3.8, 4) is 0 Å². The zero-order chi connectivity index (χ0) is 16.0. The van der Waals surface area contributed by atoms with Gasteiger partial charge < -0.3 is 15.4 Å². The molecule has 0 heterocycles. The summed E-state index contributed by atoms with van der Waals surface area (Å²) in [5.74, 6) is 1.62. The Balaban J connectivity index is 2.33. The molecule has 1 aliphatic carbocycles. The molecule has 1 aliphatic rings. The first-order valence-electron chi connectivity index (χ1n) is 8.44. The topological polar surface area (TPSA) is 50.4 Å². The highest BCUT2D eigenvalue weighted by Crippen LogP contribution is 2.29. The maximum Gasteiger partial charge on any atom is 0.407 e. The fraction of sp³-hybridized carbons (Fsp3) is 0.941. The van der Waals surface area contributed by atoms with Crippen LogP contribution in [0.5, 0.6) is 0 Å². The molecule has 1 amide bonds. The fourth-order valence-corrected chi connectivity index (χ4v) is 2.87. The minimum atomic E-state index is -0.436. The number of amides is 1. The molecular formula is C17H34N2O2. The molecule has 21 heavy (non-hydrogen) atoms. The zero-order valence-corrected chi connectivity index (χ0v) is 14.7. The minimum Gasteiger partial charge on any atom is -0.444 e. The molecule has 1 saturated carbocycles. The summed E-state index contributed by atoms with van der Waals surface area (Å²) in [6.45, 7) is 13.1. The third-order valence-electron chi connectivity index (χ3n) is 4.45. The van der Waals surface area contributed by atoms with Crippen LogP contribution in [0.25, 0.3) is 0 Å². The van der Waals surface area contributed by atoms with Gasteiger partial charge in [-0.15, -0.1) is 0 Å². The number of alkyl carbamates (subject to hydrolysis) is 1. The minimum absolute atomic E-state index is 0.322. The quantitative estimate of drug-likeness (QED) is 0.813. The van der Waals surface area contributed by atoms with E-state index in [4.69, 9.17) is 4.74 Å². The van der Waals surface area contributed by atoms with Crippen LogP contribution >= 0.6 is 0 Å². The number of carbonyl (C=O) groups is 1. The van der Waals surface area contributed by atoms with Crippen LogP contribution in [-0.2, 0) is 4.74 Å². The second-order valence-corrected chi connectivity index (χ2v) is 7.62. The largest absolute Gasteiger partial charge is 0.444 e. The highest BCUT2D eigenvalue weighted by molar-refractivity contribution is 5.67. The molecule has 0 aromatic heterocycles. The van der Waals surface area contributed by atoms with Gasteiger partial charge >= 0.3 is 6.09 Å². The number of nitrogens with one attached hydrogen (secondary N) is 2. The lowest BCUT2D eigenvalue weighted by Crippen LogP contribution is -2.48. The zero-order valence-electron chi connectivity index (χ0n) is 14.7. The standard InChI is InChI=1S/C17H34N2O2/c1-7-14(11-18-16(20)21-17(4,5)6)19-15-9-8-12(2)13(3)10-15/h12-15,19H,7-11H2,1-6H3,(H,18,20). The molecule has 4 nitrogen and oxygen atoms in total. The highest BCUT2D eigenvalue weighted by Gasteiger charge is 2.26. The lowest BCUT2D eigenvalue weighted by Gasteiger charge is -2.35. The SMILES string of the molecule is CCC(CNC(=O)OC(C)(C)C)NC1CCC(C)C(C)C1. The Morgan fingerprint density at radius 2 is 1.90 bits per heavy atom. The highest BCUT2D eigenvalue weighted by atomic mass is 16.6. The Labute approximate surface area is 130 Å². The second kappa shape index (κ2) is 8.02. The Morgan fingerprint density at radius 1 is 1.24 bits per heavy atom. The van der Waals surface area contributed by atoms with Crippen LogP contribution in [0, 0.1) is 11.8 Å². The molecule has 1 fully saturated rings. The lowest BCUT2D eigenvalue weighted by atomic mass is 9.79. The van der Waals surface area contributed by atoms with Gasteiger partial charge in [-0.1, -0.05) is 20.8 Å². The van der Waals surface area contributed by atoms with Gasteiger partial charge in [0, 0.05) is 18.6 Å². The van der Waals surface area contributed by atoms with Crippen LogP contribution in [-0.4, -0.2) is 30.3 Å². The number of rotatable bonds is 5. The van der Waals surface area contributed by atoms with Crippen LogP contribution < -0.4 is 10.6 Å². The normalized spacial score (nSPS) is 28.0. The fourth-order valence-electron chi connectivity index (χ4n) is 2.87. The van der Waals surface area contributed by atoms with Crippen LogP contribution in [0.4, 0.5) is 4.79 Å². The van der Waals surface area contributed by atoms with E-state index < -0.39 is 5.60 Å². The van der Waals surface area contributed by atoms with E-state index in [0.29, 0.717) is 18.6 Å². The molecular weight excluding hydrogens is 264 g/mol. The first-order valence-corrected chi connectivity index (χ1v) is 8.44. The molecule has 0 saturated heterocycles. The number of hydrogen-bond donors (Lipinski definition) is 2. The Morgan fingerprint density at radius 3 is 2.43 bits per heavy atom. The molecule has 0 aromatic rings. The third kappa shape index (κ3) is 7.16. The van der Waals surface area contributed by atoms with E-state index >= 15 is 0 Å². The summed E-state index contributed by atoms with van der Waals surface area (Å²) in [6.07, 6.45) is 4.47. The van der Waals surface area contributed by atoms with E-state index in [1.807, 2.05) is 20.8 Å². The van der Waals surface area contributed by atoms with Gasteiger partial charge in [0.05, 0.1) is 0 Å². The first-order chi connectivity index (χ1) is 9.71. The molecule has 1 rings (SSSR count). The maximum absolute atomic E-state index is 11.7. The van der Waals surface area contributed by atoms with Gasteiger partial charge in [0.15, 0.2) is 0 Å². The van der Waals surface area contributed by atoms with Crippen molar-refractivity contribution >= 4 is 6.09 Å². The predicted molar refractivity (Wildman–Crippen MR) is 87.4 cm³/mol. The van der Waals surface area contributed by atoms with E-state index in [1.54, 1.807) is 0 Å². The van der Waals surface area contributed by atoms with Crippen LogP contribution in [0.1, 0.15) is 67.2 Å². The van der Waals surface area contributed by atoms with Gasteiger partial charge in [-0.25, -0.2) is 4.79 Å². The molecule has 0 bridgehead atoms. The molecule has 124 valence electrons. The molecule has 0 aliphatic heterocycles. The lowest BCUT2D eigenvalue weighted by molar-refractivity contribution is 0.0520. The van der Waals surface area contributed by atoms with Gasteiger partial charge in [0.1, 0.15) is 5.60 Å². The van der Waals surface area contributed by atoms with Gasteiger partial charge in [0.2, 0.25) is 0 Å². The number of hydrogen-bond acceptors (Lipinski definition) is 3. The van der Waals surface area contributed by atoms with Crippen molar-refractivity contribution in [2.24, 2.45) is 11.8 Å². The molecule has 4 atom stereocenters. The average molecular weight is 298 g/mol. The summed E-state index contributed by atoms with van der Waals surface area (Å²) in [7, 11) is 0. The molecule has 0 aromatic carbocycles. The van der Waals surface area contributed by atoms with Crippen molar-refractivity contribution in [1.82, 2.24) is 10.6 Å². The number of carbonyl (C=O) groups excluding carboxylic acids is 1. The molecule has 4 unspecified atom stereocenters. The summed E-state index contributed by atoms with van der Waals surface area (Å²) >= 11 is 0. The number of ether oxygens (including phenoxy) is 1. The molecule has 2 N–H and O–H groups in total. The predicted octanol–water partition coefficient (Wildman–Crippen LogP) is 3.70. The molecule has 0 radical (unpaired) electrons. The smallest absolute Gasteiger partial charge is 0.407 e. The van der Waals surface area contributed by atoms with E-state index in [9.17, 15) is 4.79 Å². The van der Waals surface area contributed by atoms with Crippen molar-refractivity contribution in [3.63, 3.8) is 0 Å². The summed E-state index contributed by atoms with van der Waals surface area (Å²) in [5.41, 5.74) is -0.436. The van der Waals surface area contributed by atoms with Crippen LogP contribution in [0.3, 0.4) is 0 Å². The second-order valence-electron chi connectivity index (χ2n) is 7.62. The molecule has 4 heteroatoms. The van der Waals surface area contributed by atoms with Crippen LogP contribution in [0.2, 0.25) is 0 Å². The third-order valence-corrected chi connectivity index (χ3v) is 4.45. The Kier molecular flexibility index (Phi) is 6.98. The summed E-state index contributed by atoms with van der Waals surface area (Å²) in [6, 6.07) is 0.907. The summed E-state index contributed by atoms with van der Waals surface area (Å²) < 4.78 is 5.28. The maximum atomic E-state index is 11.7. The van der Waals surface area contributed by atoms with Gasteiger partial charge in [-0.05, 0) is 58.3 Å². The van der Waals surface area contributed by atoms with Crippen LogP contribution in [0.15, 0.2) is 0 Å². The van der Waals surface area contributed by atoms with E-state index in [2.05, 4.69) is 31.4 Å². The van der Waals surface area contributed by atoms with E-state index in [-0.39, 0.29) is 6.09 Å². The molecule has 0 spiro atoms. The van der Waals surface area contributed by atoms with Crippen molar-refractivity contribution in [1.29, 1.82) is 0 Å². The summed E-state index contributed by atoms with van der Waals surface area (Å²) in [4.78, 5) is 11.7. The Hall–Kier alpha value is -0.770. The monoisotopic (exact) mass is 298 g/mol. The van der Waals surface area contributed by atoms with E-state index in [1.165, 1.54) is 19.3 Å².